The molecule has 3 nitrogen and oxygen atoms in total. The molecule has 0 aliphatic heterocycles. The van der Waals surface area contributed by atoms with Crippen molar-refractivity contribution in [3.63, 3.8) is 0 Å². The third kappa shape index (κ3) is 2.29. The van der Waals surface area contributed by atoms with Gasteiger partial charge in [0.2, 0.25) is 0 Å². The number of furan rings is 1. The van der Waals surface area contributed by atoms with Gasteiger partial charge in [-0.1, -0.05) is 48.5 Å². The topological polar surface area (TPSA) is 38.9 Å². The fourth-order valence-electron chi connectivity index (χ4n) is 3.21. The van der Waals surface area contributed by atoms with Crippen LogP contribution in [0.1, 0.15) is 0 Å². The maximum atomic E-state index is 6.10. The van der Waals surface area contributed by atoms with Gasteiger partial charge < -0.3 is 4.42 Å². The summed E-state index contributed by atoms with van der Waals surface area (Å²) in [5.74, 6) is 0. The Morgan fingerprint density at radius 3 is 2.48 bits per heavy atom. The summed E-state index contributed by atoms with van der Waals surface area (Å²) in [7, 11) is 0. The predicted octanol–water partition coefficient (Wildman–Crippen LogP) is 5.71. The van der Waals surface area contributed by atoms with Crippen molar-refractivity contribution in [1.29, 1.82) is 0 Å². The summed E-state index contributed by atoms with van der Waals surface area (Å²) < 4.78 is 6.10. The molecule has 0 radical (unpaired) electrons. The lowest BCUT2D eigenvalue weighted by Gasteiger charge is -2.05. The molecule has 0 N–H and O–H groups in total. The fraction of sp³-hybridized carbons (Fsp3) is 0. The first-order valence-corrected chi connectivity index (χ1v) is 8.17. The van der Waals surface area contributed by atoms with Gasteiger partial charge in [-0.15, -0.1) is 0 Å². The van der Waals surface area contributed by atoms with Crippen LogP contribution >= 0.6 is 0 Å². The maximum Gasteiger partial charge on any atom is 0.147 e. The van der Waals surface area contributed by atoms with E-state index in [9.17, 15) is 0 Å². The zero-order chi connectivity index (χ0) is 16.6. The molecule has 25 heavy (non-hydrogen) atoms. The van der Waals surface area contributed by atoms with Crippen molar-refractivity contribution in [1.82, 2.24) is 9.97 Å². The van der Waals surface area contributed by atoms with E-state index in [4.69, 9.17) is 4.42 Å². The molecule has 0 saturated heterocycles. The van der Waals surface area contributed by atoms with E-state index in [1.807, 2.05) is 61.1 Å². The Balaban J connectivity index is 1.74. The fourth-order valence-corrected chi connectivity index (χ4v) is 3.21. The Bertz CT molecular complexity index is 1190. The normalized spacial score (nSPS) is 11.2. The molecule has 0 amide bonds. The Kier molecular flexibility index (Phi) is 3.10. The highest BCUT2D eigenvalue weighted by molar-refractivity contribution is 6.08. The van der Waals surface area contributed by atoms with Crippen molar-refractivity contribution < 1.29 is 4.42 Å². The average molecular weight is 322 g/mol. The first kappa shape index (κ1) is 13.9. The number of hydrogen-bond acceptors (Lipinski definition) is 3. The highest BCUT2D eigenvalue weighted by atomic mass is 16.3. The van der Waals surface area contributed by atoms with Gasteiger partial charge in [0, 0.05) is 29.4 Å². The Morgan fingerprint density at radius 1 is 0.720 bits per heavy atom. The standard InChI is InChI=1S/C22H14N2O/c1-2-6-15(7-3-1)16-10-11-24-20(12-16)19-14-23-13-18-17-8-4-5-9-21(17)25-22(18)19/h1-14H. The van der Waals surface area contributed by atoms with Crippen molar-refractivity contribution in [2.75, 3.05) is 0 Å². The number of nitrogens with zero attached hydrogens (tertiary/aromatic N) is 2. The first-order chi connectivity index (χ1) is 12.4. The van der Waals surface area contributed by atoms with Gasteiger partial charge >= 0.3 is 0 Å². The number of benzene rings is 2. The molecule has 5 aromatic rings. The molecule has 118 valence electrons. The van der Waals surface area contributed by atoms with Gasteiger partial charge in [-0.2, -0.15) is 0 Å². The molecule has 3 aromatic heterocycles. The van der Waals surface area contributed by atoms with Crippen LogP contribution in [0.15, 0.2) is 89.7 Å². The Labute approximate surface area is 144 Å². The van der Waals surface area contributed by atoms with Crippen LogP contribution in [0.5, 0.6) is 0 Å². The number of pyridine rings is 2. The summed E-state index contributed by atoms with van der Waals surface area (Å²) in [5.41, 5.74) is 5.75. The van der Waals surface area contributed by atoms with Gasteiger partial charge in [0.25, 0.3) is 0 Å². The predicted molar refractivity (Wildman–Crippen MR) is 100 cm³/mol. The van der Waals surface area contributed by atoms with Crippen LogP contribution in [0, 0.1) is 0 Å². The number of rotatable bonds is 2. The van der Waals surface area contributed by atoms with Crippen LogP contribution in [0.2, 0.25) is 0 Å². The second-order valence-corrected chi connectivity index (χ2v) is 5.96. The van der Waals surface area contributed by atoms with Crippen LogP contribution in [-0.4, -0.2) is 9.97 Å². The van der Waals surface area contributed by atoms with E-state index in [1.165, 1.54) is 0 Å². The molecule has 3 heterocycles. The van der Waals surface area contributed by atoms with Gasteiger partial charge in [-0.3, -0.25) is 9.97 Å². The smallest absolute Gasteiger partial charge is 0.147 e. The lowest BCUT2D eigenvalue weighted by molar-refractivity contribution is 0.669. The van der Waals surface area contributed by atoms with Gasteiger partial charge in [0.1, 0.15) is 11.2 Å². The number of para-hydroxylation sites is 1. The average Bonchev–Trinajstić information content (AvgIpc) is 3.07. The zero-order valence-corrected chi connectivity index (χ0v) is 13.4. The van der Waals surface area contributed by atoms with E-state index in [0.29, 0.717) is 0 Å². The molecule has 0 fully saturated rings. The lowest BCUT2D eigenvalue weighted by atomic mass is 10.0. The molecule has 0 aliphatic carbocycles. The quantitative estimate of drug-likeness (QED) is 0.418. The van der Waals surface area contributed by atoms with E-state index in [1.54, 1.807) is 0 Å². The van der Waals surface area contributed by atoms with E-state index < -0.39 is 0 Å². The van der Waals surface area contributed by atoms with E-state index >= 15 is 0 Å². The van der Waals surface area contributed by atoms with Gasteiger partial charge in [-0.25, -0.2) is 0 Å². The van der Waals surface area contributed by atoms with Crippen LogP contribution in [0.3, 0.4) is 0 Å². The maximum absolute atomic E-state index is 6.10. The molecular weight excluding hydrogens is 308 g/mol. The van der Waals surface area contributed by atoms with Crippen molar-refractivity contribution in [3.05, 3.63) is 85.3 Å². The van der Waals surface area contributed by atoms with Crippen LogP contribution in [-0.2, 0) is 0 Å². The third-order valence-corrected chi connectivity index (χ3v) is 4.43. The third-order valence-electron chi connectivity index (χ3n) is 4.43. The highest BCUT2D eigenvalue weighted by Gasteiger charge is 2.13. The second-order valence-electron chi connectivity index (χ2n) is 5.96. The largest absolute Gasteiger partial charge is 0.455 e. The summed E-state index contributed by atoms with van der Waals surface area (Å²) in [4.78, 5) is 8.97. The van der Waals surface area contributed by atoms with Crippen LogP contribution < -0.4 is 0 Å². The second kappa shape index (κ2) is 5.56. The zero-order valence-electron chi connectivity index (χ0n) is 13.4. The minimum absolute atomic E-state index is 0.828. The molecule has 0 spiro atoms. The minimum Gasteiger partial charge on any atom is -0.455 e. The number of hydrogen-bond donors (Lipinski definition) is 0. The molecule has 3 heteroatoms. The monoisotopic (exact) mass is 322 g/mol. The van der Waals surface area contributed by atoms with Gasteiger partial charge in [0.15, 0.2) is 0 Å². The summed E-state index contributed by atoms with van der Waals surface area (Å²) in [5, 5.41) is 2.09. The lowest BCUT2D eigenvalue weighted by Crippen LogP contribution is -1.87. The van der Waals surface area contributed by atoms with Crippen molar-refractivity contribution in [2.45, 2.75) is 0 Å². The summed E-state index contributed by atoms with van der Waals surface area (Å²) >= 11 is 0. The Hall–Kier alpha value is -3.46. The first-order valence-electron chi connectivity index (χ1n) is 8.17. The molecule has 0 bridgehead atoms. The molecule has 2 aromatic carbocycles. The summed E-state index contributed by atoms with van der Waals surface area (Å²) in [6, 6.07) is 22.4. The van der Waals surface area contributed by atoms with E-state index in [2.05, 4.69) is 34.2 Å². The molecule has 0 unspecified atom stereocenters. The summed E-state index contributed by atoms with van der Waals surface area (Å²) in [6.45, 7) is 0. The van der Waals surface area contributed by atoms with E-state index in [0.717, 1.165) is 44.3 Å². The Morgan fingerprint density at radius 2 is 1.56 bits per heavy atom. The van der Waals surface area contributed by atoms with Crippen LogP contribution in [0.25, 0.3) is 44.3 Å². The molecule has 0 aliphatic rings. The van der Waals surface area contributed by atoms with Crippen molar-refractivity contribution >= 4 is 21.9 Å². The van der Waals surface area contributed by atoms with Crippen molar-refractivity contribution in [2.24, 2.45) is 0 Å². The number of fused-ring (bicyclic) bond motifs is 3. The van der Waals surface area contributed by atoms with E-state index in [-0.39, 0.29) is 0 Å². The SMILES string of the molecule is c1ccc(-c2ccnc(-c3cncc4c3oc3ccccc34)c2)cc1. The van der Waals surface area contributed by atoms with Gasteiger partial charge in [-0.05, 0) is 29.3 Å². The molecule has 0 atom stereocenters. The van der Waals surface area contributed by atoms with Gasteiger partial charge in [0.05, 0.1) is 11.3 Å². The van der Waals surface area contributed by atoms with Crippen molar-refractivity contribution in [3.8, 4) is 22.4 Å². The molecular formula is C22H14N2O. The van der Waals surface area contributed by atoms with Crippen LogP contribution in [0.4, 0.5) is 0 Å². The highest BCUT2D eigenvalue weighted by Crippen LogP contribution is 2.35. The minimum atomic E-state index is 0.828. The number of aromatic nitrogens is 2. The molecule has 0 saturated carbocycles. The molecule has 5 rings (SSSR count). The summed E-state index contributed by atoms with van der Waals surface area (Å²) in [6.07, 6.45) is 5.51.